The molecule has 3 aromatic carbocycles. The van der Waals surface area contributed by atoms with E-state index in [2.05, 4.69) is 5.32 Å². The summed E-state index contributed by atoms with van der Waals surface area (Å²) in [7, 11) is 1.60. The van der Waals surface area contributed by atoms with E-state index in [1.54, 1.807) is 25.3 Å². The Bertz CT molecular complexity index is 1190. The molecule has 33 heavy (non-hydrogen) atoms. The maximum absolute atomic E-state index is 13.7. The fourth-order valence-corrected chi connectivity index (χ4v) is 4.67. The molecule has 1 heterocycles. The smallest absolute Gasteiger partial charge is 0.254 e. The van der Waals surface area contributed by atoms with Crippen LogP contribution in [0.1, 0.15) is 51.8 Å². The fourth-order valence-electron chi connectivity index (χ4n) is 4.67. The summed E-state index contributed by atoms with van der Waals surface area (Å²) in [6.07, 6.45) is 1.86. The SMILES string of the molecule is COc1cccc([C@@H]2[C@H](C(=O)NCc3ccc(F)cc3)c3ccccc3C(=O)N2C2CC2)c1. The third-order valence-corrected chi connectivity index (χ3v) is 6.41. The van der Waals surface area contributed by atoms with Gasteiger partial charge in [-0.05, 0) is 59.9 Å². The van der Waals surface area contributed by atoms with Crippen molar-refractivity contribution in [2.45, 2.75) is 37.4 Å². The van der Waals surface area contributed by atoms with E-state index in [9.17, 15) is 14.0 Å². The van der Waals surface area contributed by atoms with E-state index in [-0.39, 0.29) is 30.2 Å². The Hall–Kier alpha value is -3.67. The first-order valence-corrected chi connectivity index (χ1v) is 11.1. The zero-order chi connectivity index (χ0) is 22.9. The highest BCUT2D eigenvalue weighted by Gasteiger charge is 2.49. The molecule has 0 unspecified atom stereocenters. The molecule has 0 spiro atoms. The van der Waals surface area contributed by atoms with Crippen molar-refractivity contribution in [2.75, 3.05) is 7.11 Å². The summed E-state index contributed by atoms with van der Waals surface area (Å²) in [5, 5.41) is 3.02. The molecule has 1 fully saturated rings. The monoisotopic (exact) mass is 444 g/mol. The van der Waals surface area contributed by atoms with Gasteiger partial charge in [0, 0.05) is 18.2 Å². The summed E-state index contributed by atoms with van der Waals surface area (Å²) in [5.74, 6) is -0.420. The van der Waals surface area contributed by atoms with Gasteiger partial charge in [-0.25, -0.2) is 4.39 Å². The van der Waals surface area contributed by atoms with Crippen LogP contribution in [-0.4, -0.2) is 29.9 Å². The van der Waals surface area contributed by atoms with Crippen molar-refractivity contribution in [3.8, 4) is 5.75 Å². The highest BCUT2D eigenvalue weighted by Crippen LogP contribution is 2.48. The number of carbonyl (C=O) groups is 2. The second-order valence-electron chi connectivity index (χ2n) is 8.57. The van der Waals surface area contributed by atoms with Gasteiger partial charge in [0.05, 0.1) is 19.1 Å². The van der Waals surface area contributed by atoms with Crippen LogP contribution >= 0.6 is 0 Å². The summed E-state index contributed by atoms with van der Waals surface area (Å²) in [6.45, 7) is 0.278. The van der Waals surface area contributed by atoms with Crippen LogP contribution in [-0.2, 0) is 11.3 Å². The second kappa shape index (κ2) is 8.70. The van der Waals surface area contributed by atoms with Crippen LogP contribution in [0.15, 0.2) is 72.8 Å². The van der Waals surface area contributed by atoms with E-state index < -0.39 is 12.0 Å². The molecule has 2 amide bonds. The summed E-state index contributed by atoms with van der Waals surface area (Å²) < 4.78 is 18.7. The average Bonchev–Trinajstić information content (AvgIpc) is 3.68. The highest BCUT2D eigenvalue weighted by atomic mass is 19.1. The number of halogens is 1. The van der Waals surface area contributed by atoms with Gasteiger partial charge in [-0.15, -0.1) is 0 Å². The normalized spacial score (nSPS) is 19.7. The minimum absolute atomic E-state index is 0.0384. The Morgan fingerprint density at radius 1 is 1.06 bits per heavy atom. The Morgan fingerprint density at radius 3 is 2.55 bits per heavy atom. The molecule has 168 valence electrons. The molecule has 3 aromatic rings. The van der Waals surface area contributed by atoms with Crippen LogP contribution in [0.4, 0.5) is 4.39 Å². The molecular formula is C27H25FN2O3. The number of benzene rings is 3. The van der Waals surface area contributed by atoms with Crippen LogP contribution in [0.25, 0.3) is 0 Å². The van der Waals surface area contributed by atoms with Crippen molar-refractivity contribution < 1.29 is 18.7 Å². The van der Waals surface area contributed by atoms with E-state index in [1.807, 2.05) is 47.4 Å². The number of nitrogens with zero attached hydrogens (tertiary/aromatic N) is 1. The van der Waals surface area contributed by atoms with Crippen molar-refractivity contribution in [1.82, 2.24) is 10.2 Å². The van der Waals surface area contributed by atoms with Gasteiger partial charge in [-0.2, -0.15) is 0 Å². The zero-order valence-corrected chi connectivity index (χ0v) is 18.3. The van der Waals surface area contributed by atoms with E-state index in [0.717, 1.165) is 29.5 Å². The Morgan fingerprint density at radius 2 is 1.82 bits per heavy atom. The molecule has 0 radical (unpaired) electrons. The molecule has 0 aromatic heterocycles. The maximum atomic E-state index is 13.7. The lowest BCUT2D eigenvalue weighted by molar-refractivity contribution is -0.124. The van der Waals surface area contributed by atoms with Gasteiger partial charge < -0.3 is 15.0 Å². The lowest BCUT2D eigenvalue weighted by Gasteiger charge is -2.42. The third kappa shape index (κ3) is 4.09. The average molecular weight is 445 g/mol. The van der Waals surface area contributed by atoms with Gasteiger partial charge in [0.25, 0.3) is 5.91 Å². The summed E-state index contributed by atoms with van der Waals surface area (Å²) in [5.41, 5.74) is 2.97. The first-order chi connectivity index (χ1) is 16.1. The van der Waals surface area contributed by atoms with E-state index in [4.69, 9.17) is 4.74 Å². The van der Waals surface area contributed by atoms with Gasteiger partial charge in [0.1, 0.15) is 11.6 Å². The first kappa shape index (κ1) is 21.2. The number of methoxy groups -OCH3 is 1. The number of hydrogen-bond donors (Lipinski definition) is 1. The number of hydrogen-bond acceptors (Lipinski definition) is 3. The summed E-state index contributed by atoms with van der Waals surface area (Å²) in [4.78, 5) is 29.1. The number of amides is 2. The summed E-state index contributed by atoms with van der Waals surface area (Å²) in [6, 6.07) is 20.7. The Balaban J connectivity index is 1.56. The second-order valence-corrected chi connectivity index (χ2v) is 8.57. The van der Waals surface area contributed by atoms with E-state index >= 15 is 0 Å². The third-order valence-electron chi connectivity index (χ3n) is 6.41. The maximum Gasteiger partial charge on any atom is 0.254 e. The molecule has 1 aliphatic carbocycles. The lowest BCUT2D eigenvalue weighted by atomic mass is 9.79. The van der Waals surface area contributed by atoms with Crippen LogP contribution < -0.4 is 10.1 Å². The summed E-state index contributed by atoms with van der Waals surface area (Å²) >= 11 is 0. The van der Waals surface area contributed by atoms with Crippen LogP contribution in [0, 0.1) is 5.82 Å². The van der Waals surface area contributed by atoms with Crippen LogP contribution in [0.2, 0.25) is 0 Å². The molecule has 2 atom stereocenters. The molecule has 2 aliphatic rings. The minimum atomic E-state index is -0.577. The van der Waals surface area contributed by atoms with Gasteiger partial charge >= 0.3 is 0 Å². The van der Waals surface area contributed by atoms with Gasteiger partial charge in [0.15, 0.2) is 0 Å². The van der Waals surface area contributed by atoms with Gasteiger partial charge in [-0.3, -0.25) is 9.59 Å². The van der Waals surface area contributed by atoms with E-state index in [1.165, 1.54) is 12.1 Å². The predicted molar refractivity (Wildman–Crippen MR) is 122 cm³/mol. The number of fused-ring (bicyclic) bond motifs is 1. The molecule has 6 heteroatoms. The van der Waals surface area contributed by atoms with Crippen molar-refractivity contribution in [3.63, 3.8) is 0 Å². The lowest BCUT2D eigenvalue weighted by Crippen LogP contribution is -2.48. The molecule has 0 saturated heterocycles. The molecular weight excluding hydrogens is 419 g/mol. The fraction of sp³-hybridized carbons (Fsp3) is 0.259. The largest absolute Gasteiger partial charge is 0.497 e. The molecule has 5 rings (SSSR count). The van der Waals surface area contributed by atoms with Gasteiger partial charge in [0.2, 0.25) is 5.91 Å². The van der Waals surface area contributed by atoms with Crippen molar-refractivity contribution in [2.24, 2.45) is 0 Å². The Kier molecular flexibility index (Phi) is 5.58. The standard InChI is InChI=1S/C27H25FN2O3/c1-33-21-6-4-5-18(15-21)25-24(26(31)29-16-17-9-11-19(28)12-10-17)22-7-2-3-8-23(22)27(32)30(25)20-13-14-20/h2-12,15,20,24-25H,13-14,16H2,1H3,(H,29,31)/t24-,25-/m1/s1. The molecule has 0 bridgehead atoms. The number of carbonyl (C=O) groups excluding carboxylic acids is 2. The number of nitrogens with one attached hydrogen (secondary N) is 1. The van der Waals surface area contributed by atoms with Crippen LogP contribution in [0.5, 0.6) is 5.75 Å². The quantitative estimate of drug-likeness (QED) is 0.605. The molecule has 5 nitrogen and oxygen atoms in total. The van der Waals surface area contributed by atoms with E-state index in [0.29, 0.717) is 11.3 Å². The van der Waals surface area contributed by atoms with Crippen molar-refractivity contribution in [3.05, 3.63) is 101 Å². The van der Waals surface area contributed by atoms with Crippen molar-refractivity contribution in [1.29, 1.82) is 0 Å². The first-order valence-electron chi connectivity index (χ1n) is 11.1. The topological polar surface area (TPSA) is 58.6 Å². The Labute approximate surface area is 192 Å². The molecule has 1 N–H and O–H groups in total. The molecule has 1 saturated carbocycles. The van der Waals surface area contributed by atoms with Gasteiger partial charge in [-0.1, -0.05) is 42.5 Å². The number of rotatable bonds is 6. The zero-order valence-electron chi connectivity index (χ0n) is 18.3. The number of ether oxygens (including phenoxy) is 1. The molecule has 1 aliphatic heterocycles. The predicted octanol–water partition coefficient (Wildman–Crippen LogP) is 4.59. The van der Waals surface area contributed by atoms with Crippen LogP contribution in [0.3, 0.4) is 0 Å². The highest BCUT2D eigenvalue weighted by molar-refractivity contribution is 6.01. The minimum Gasteiger partial charge on any atom is -0.497 e. The van der Waals surface area contributed by atoms with Crippen molar-refractivity contribution >= 4 is 11.8 Å².